The van der Waals surface area contributed by atoms with Gasteiger partial charge in [-0.1, -0.05) is 0 Å². The number of hydrazone groups is 2. The van der Waals surface area contributed by atoms with Crippen LogP contribution < -0.4 is 10.9 Å². The van der Waals surface area contributed by atoms with Gasteiger partial charge in [0.1, 0.15) is 6.42 Å². The third kappa shape index (κ3) is 5.94. The zero-order chi connectivity index (χ0) is 18.1. The minimum atomic E-state index is -0.525. The molecule has 2 rings (SSSR count). The van der Waals surface area contributed by atoms with Crippen LogP contribution in [0.1, 0.15) is 31.4 Å². The molecule has 8 heteroatoms. The molecule has 0 aliphatic heterocycles. The second kappa shape index (κ2) is 9.02. The Morgan fingerprint density at radius 3 is 1.52 bits per heavy atom. The normalized spacial score (nSPS) is 11.8. The summed E-state index contributed by atoms with van der Waals surface area (Å²) in [4.78, 5) is 31.3. The molecule has 0 saturated heterocycles. The van der Waals surface area contributed by atoms with Gasteiger partial charge in [0, 0.05) is 35.9 Å². The van der Waals surface area contributed by atoms with Crippen molar-refractivity contribution in [1.29, 1.82) is 0 Å². The van der Waals surface area contributed by atoms with Crippen LogP contribution in [-0.4, -0.2) is 33.2 Å². The quantitative estimate of drug-likeness (QED) is 0.469. The number of pyridine rings is 2. The molecule has 0 unspecified atom stereocenters. The molecule has 128 valence electrons. The van der Waals surface area contributed by atoms with E-state index in [1.54, 1.807) is 62.9 Å². The highest BCUT2D eigenvalue weighted by Crippen LogP contribution is 1.99. The summed E-state index contributed by atoms with van der Waals surface area (Å²) in [5.74, 6) is -1.05. The van der Waals surface area contributed by atoms with Gasteiger partial charge in [0.15, 0.2) is 0 Å². The first-order valence-electron chi connectivity index (χ1n) is 7.53. The number of carbonyl (C=O) groups is 2. The highest BCUT2D eigenvalue weighted by Gasteiger charge is 2.08. The Bertz CT molecular complexity index is 720. The lowest BCUT2D eigenvalue weighted by Gasteiger charge is -2.03. The van der Waals surface area contributed by atoms with E-state index in [9.17, 15) is 9.59 Å². The van der Waals surface area contributed by atoms with Crippen molar-refractivity contribution in [2.24, 2.45) is 10.2 Å². The maximum absolute atomic E-state index is 11.8. The van der Waals surface area contributed by atoms with E-state index in [0.717, 1.165) is 11.1 Å². The van der Waals surface area contributed by atoms with Gasteiger partial charge in [-0.25, -0.2) is 10.9 Å². The van der Waals surface area contributed by atoms with Gasteiger partial charge in [-0.05, 0) is 38.1 Å². The molecule has 0 fully saturated rings. The number of hydrogen-bond donors (Lipinski definition) is 2. The van der Waals surface area contributed by atoms with Gasteiger partial charge < -0.3 is 0 Å². The number of rotatable bonds is 6. The highest BCUT2D eigenvalue weighted by atomic mass is 16.2. The fourth-order valence-corrected chi connectivity index (χ4v) is 1.83. The summed E-state index contributed by atoms with van der Waals surface area (Å²) in [6.45, 7) is 3.50. The Hall–Kier alpha value is -3.42. The standard InChI is InChI=1S/C17H18N6O2/c1-12(14-3-7-18-8-4-14)20-22-16(24)11-17(25)23-21-13(2)15-5-9-19-10-6-15/h3-10H,11H2,1-2H3,(H,22,24)(H,23,25)/b20-12+,21-13+. The fourth-order valence-electron chi connectivity index (χ4n) is 1.83. The number of amides is 2. The minimum absolute atomic E-state index is 0.375. The van der Waals surface area contributed by atoms with Crippen LogP contribution >= 0.6 is 0 Å². The maximum Gasteiger partial charge on any atom is 0.249 e. The molecule has 0 aromatic carbocycles. The molecule has 0 spiro atoms. The summed E-state index contributed by atoms with van der Waals surface area (Å²) in [6.07, 6.45) is 6.15. The van der Waals surface area contributed by atoms with Gasteiger partial charge in [-0.15, -0.1) is 0 Å². The second-order valence-electron chi connectivity index (χ2n) is 5.11. The zero-order valence-corrected chi connectivity index (χ0v) is 13.9. The molecular weight excluding hydrogens is 320 g/mol. The molecule has 0 atom stereocenters. The van der Waals surface area contributed by atoms with Crippen molar-refractivity contribution < 1.29 is 9.59 Å². The first kappa shape index (κ1) is 17.9. The number of nitrogens with zero attached hydrogens (tertiary/aromatic N) is 4. The van der Waals surface area contributed by atoms with Crippen molar-refractivity contribution in [2.45, 2.75) is 20.3 Å². The molecule has 2 aromatic rings. The van der Waals surface area contributed by atoms with Crippen molar-refractivity contribution in [3.8, 4) is 0 Å². The molecule has 0 bridgehead atoms. The van der Waals surface area contributed by atoms with Crippen LogP contribution in [0.5, 0.6) is 0 Å². The predicted octanol–water partition coefficient (Wildman–Crippen LogP) is 1.25. The minimum Gasteiger partial charge on any atom is -0.273 e. The Labute approximate surface area is 145 Å². The molecule has 0 aliphatic carbocycles. The van der Waals surface area contributed by atoms with Crippen LogP contribution in [0.4, 0.5) is 0 Å². The summed E-state index contributed by atoms with van der Waals surface area (Å²) in [5.41, 5.74) is 7.57. The average Bonchev–Trinajstić information content (AvgIpc) is 2.65. The first-order valence-corrected chi connectivity index (χ1v) is 7.53. The molecule has 0 saturated carbocycles. The molecule has 25 heavy (non-hydrogen) atoms. The van der Waals surface area contributed by atoms with E-state index in [4.69, 9.17) is 0 Å². The van der Waals surface area contributed by atoms with E-state index < -0.39 is 11.8 Å². The summed E-state index contributed by atoms with van der Waals surface area (Å²) >= 11 is 0. The number of hydrogen-bond acceptors (Lipinski definition) is 6. The molecular formula is C17H18N6O2. The molecule has 0 radical (unpaired) electrons. The van der Waals surface area contributed by atoms with Crippen LogP contribution in [0.3, 0.4) is 0 Å². The van der Waals surface area contributed by atoms with E-state index in [1.165, 1.54) is 0 Å². The van der Waals surface area contributed by atoms with E-state index in [2.05, 4.69) is 31.0 Å². The molecule has 0 aliphatic rings. The van der Waals surface area contributed by atoms with Crippen LogP contribution in [0, 0.1) is 0 Å². The SMILES string of the molecule is C/C(=N\NC(=O)CC(=O)N/N=C(\C)c1ccncc1)c1ccncc1. The van der Waals surface area contributed by atoms with Crippen LogP contribution in [0.25, 0.3) is 0 Å². The number of aromatic nitrogens is 2. The summed E-state index contributed by atoms with van der Waals surface area (Å²) in [6, 6.07) is 7.09. The van der Waals surface area contributed by atoms with Crippen molar-refractivity contribution in [1.82, 2.24) is 20.8 Å². The Kier molecular flexibility index (Phi) is 6.47. The molecule has 2 heterocycles. The maximum atomic E-state index is 11.8. The Balaban J connectivity index is 1.83. The third-order valence-electron chi connectivity index (χ3n) is 3.21. The second-order valence-corrected chi connectivity index (χ2v) is 5.11. The highest BCUT2D eigenvalue weighted by molar-refractivity contribution is 6.02. The fraction of sp³-hybridized carbons (Fsp3) is 0.176. The summed E-state index contributed by atoms with van der Waals surface area (Å²) in [7, 11) is 0. The lowest BCUT2D eigenvalue weighted by Crippen LogP contribution is -2.28. The summed E-state index contributed by atoms with van der Waals surface area (Å²) < 4.78 is 0. The lowest BCUT2D eigenvalue weighted by atomic mass is 10.2. The van der Waals surface area contributed by atoms with Crippen LogP contribution in [0.2, 0.25) is 0 Å². The monoisotopic (exact) mass is 338 g/mol. The molecule has 2 N–H and O–H groups in total. The van der Waals surface area contributed by atoms with Crippen LogP contribution in [-0.2, 0) is 9.59 Å². The largest absolute Gasteiger partial charge is 0.273 e. The van der Waals surface area contributed by atoms with Gasteiger partial charge in [0.05, 0.1) is 11.4 Å². The average molecular weight is 338 g/mol. The van der Waals surface area contributed by atoms with E-state index in [0.29, 0.717) is 11.4 Å². The molecule has 2 amide bonds. The van der Waals surface area contributed by atoms with Crippen molar-refractivity contribution >= 4 is 23.2 Å². The topological polar surface area (TPSA) is 109 Å². The predicted molar refractivity (Wildman–Crippen MR) is 93.8 cm³/mol. The lowest BCUT2D eigenvalue weighted by molar-refractivity contribution is -0.129. The van der Waals surface area contributed by atoms with Crippen molar-refractivity contribution in [2.75, 3.05) is 0 Å². The Morgan fingerprint density at radius 2 is 1.16 bits per heavy atom. The first-order chi connectivity index (χ1) is 12.1. The number of nitrogens with one attached hydrogen (secondary N) is 2. The van der Waals surface area contributed by atoms with Gasteiger partial charge in [0.2, 0.25) is 11.8 Å². The smallest absolute Gasteiger partial charge is 0.249 e. The van der Waals surface area contributed by atoms with E-state index in [-0.39, 0.29) is 6.42 Å². The van der Waals surface area contributed by atoms with E-state index in [1.807, 2.05) is 0 Å². The number of carbonyl (C=O) groups excluding carboxylic acids is 2. The van der Waals surface area contributed by atoms with Crippen molar-refractivity contribution in [3.05, 3.63) is 60.2 Å². The third-order valence-corrected chi connectivity index (χ3v) is 3.21. The van der Waals surface area contributed by atoms with Crippen molar-refractivity contribution in [3.63, 3.8) is 0 Å². The van der Waals surface area contributed by atoms with Gasteiger partial charge in [-0.2, -0.15) is 10.2 Å². The van der Waals surface area contributed by atoms with Crippen LogP contribution in [0.15, 0.2) is 59.3 Å². The molecule has 2 aromatic heterocycles. The van der Waals surface area contributed by atoms with E-state index >= 15 is 0 Å². The summed E-state index contributed by atoms with van der Waals surface area (Å²) in [5, 5.41) is 7.91. The molecule has 8 nitrogen and oxygen atoms in total. The van der Waals surface area contributed by atoms with Gasteiger partial charge in [0.25, 0.3) is 0 Å². The van der Waals surface area contributed by atoms with Gasteiger partial charge >= 0.3 is 0 Å². The zero-order valence-electron chi connectivity index (χ0n) is 13.9. The van der Waals surface area contributed by atoms with Gasteiger partial charge in [-0.3, -0.25) is 19.6 Å². The Morgan fingerprint density at radius 1 is 0.800 bits per heavy atom.